The van der Waals surface area contributed by atoms with E-state index in [9.17, 15) is 4.79 Å². The highest BCUT2D eigenvalue weighted by Crippen LogP contribution is 2.34. The number of piperidine rings is 1. The molecule has 4 nitrogen and oxygen atoms in total. The number of rotatable bonds is 4. The molecule has 1 aliphatic heterocycles. The summed E-state index contributed by atoms with van der Waals surface area (Å²) in [5.41, 5.74) is -0.132. The largest absolute Gasteiger partial charge is 0.481 e. The van der Waals surface area contributed by atoms with E-state index in [0.717, 1.165) is 25.9 Å². The van der Waals surface area contributed by atoms with Gasteiger partial charge < -0.3 is 14.7 Å². The van der Waals surface area contributed by atoms with Crippen molar-refractivity contribution >= 4 is 5.97 Å². The quantitative estimate of drug-likeness (QED) is 0.731. The van der Waals surface area contributed by atoms with Gasteiger partial charge in [0, 0.05) is 12.5 Å². The van der Waals surface area contributed by atoms with Crippen LogP contribution in [-0.2, 0) is 9.53 Å². The highest BCUT2D eigenvalue weighted by molar-refractivity contribution is 5.67. The molecule has 0 aromatic carbocycles. The predicted octanol–water partition coefficient (Wildman–Crippen LogP) is 0.820. The molecule has 0 spiro atoms. The molecule has 1 heterocycles. The first kappa shape index (κ1) is 11.5. The maximum absolute atomic E-state index is 10.8. The molecule has 0 aromatic rings. The summed E-state index contributed by atoms with van der Waals surface area (Å²) >= 11 is 0. The second kappa shape index (κ2) is 4.75. The molecule has 0 radical (unpaired) electrons. The predicted molar refractivity (Wildman–Crippen MR) is 53.3 cm³/mol. The van der Waals surface area contributed by atoms with Crippen molar-refractivity contribution in [1.29, 1.82) is 0 Å². The standard InChI is InChI=1S/C10H19NO3/c1-11-5-3-10(4-6-11,8-14-2)7-9(12)13/h3-8H2,1-2H3,(H,12,13). The number of aliphatic carboxylic acids is 1. The van der Waals surface area contributed by atoms with Crippen LogP contribution in [0.4, 0.5) is 0 Å². The zero-order chi connectivity index (χ0) is 10.6. The van der Waals surface area contributed by atoms with Crippen LogP contribution in [0.1, 0.15) is 19.3 Å². The van der Waals surface area contributed by atoms with E-state index >= 15 is 0 Å². The molecule has 1 N–H and O–H groups in total. The zero-order valence-corrected chi connectivity index (χ0v) is 8.95. The SMILES string of the molecule is COCC1(CC(=O)O)CCN(C)CC1. The van der Waals surface area contributed by atoms with Gasteiger partial charge in [-0.15, -0.1) is 0 Å². The molecule has 1 saturated heterocycles. The van der Waals surface area contributed by atoms with Crippen molar-refractivity contribution in [3.8, 4) is 0 Å². The molecule has 1 rings (SSSR count). The van der Waals surface area contributed by atoms with Crippen molar-refractivity contribution < 1.29 is 14.6 Å². The van der Waals surface area contributed by atoms with Gasteiger partial charge in [0.05, 0.1) is 13.0 Å². The van der Waals surface area contributed by atoms with Crippen molar-refractivity contribution in [2.75, 3.05) is 33.9 Å². The minimum absolute atomic E-state index is 0.132. The Balaban J connectivity index is 2.57. The molecule has 82 valence electrons. The van der Waals surface area contributed by atoms with Gasteiger partial charge in [-0.3, -0.25) is 4.79 Å². The Morgan fingerprint density at radius 3 is 2.50 bits per heavy atom. The second-order valence-electron chi connectivity index (χ2n) is 4.31. The first-order valence-electron chi connectivity index (χ1n) is 4.97. The van der Waals surface area contributed by atoms with Crippen LogP contribution >= 0.6 is 0 Å². The number of nitrogens with zero attached hydrogens (tertiary/aromatic N) is 1. The maximum Gasteiger partial charge on any atom is 0.303 e. The first-order valence-corrected chi connectivity index (χ1v) is 4.97. The molecule has 0 atom stereocenters. The average molecular weight is 201 g/mol. The summed E-state index contributed by atoms with van der Waals surface area (Å²) in [6, 6.07) is 0. The molecular formula is C10H19NO3. The van der Waals surface area contributed by atoms with Crippen molar-refractivity contribution in [1.82, 2.24) is 4.90 Å². The summed E-state index contributed by atoms with van der Waals surface area (Å²) in [7, 11) is 3.71. The van der Waals surface area contributed by atoms with Gasteiger partial charge in [0.25, 0.3) is 0 Å². The van der Waals surface area contributed by atoms with Gasteiger partial charge in [0.2, 0.25) is 0 Å². The second-order valence-corrected chi connectivity index (χ2v) is 4.31. The van der Waals surface area contributed by atoms with E-state index in [-0.39, 0.29) is 11.8 Å². The molecule has 0 aromatic heterocycles. The summed E-state index contributed by atoms with van der Waals surface area (Å²) in [6.07, 6.45) is 2.07. The van der Waals surface area contributed by atoms with Gasteiger partial charge in [-0.05, 0) is 33.0 Å². The van der Waals surface area contributed by atoms with E-state index in [1.54, 1.807) is 7.11 Å². The lowest BCUT2D eigenvalue weighted by atomic mass is 9.76. The summed E-state index contributed by atoms with van der Waals surface area (Å²) in [5.74, 6) is -0.716. The van der Waals surface area contributed by atoms with Crippen LogP contribution in [0.15, 0.2) is 0 Å². The van der Waals surface area contributed by atoms with E-state index in [1.165, 1.54) is 0 Å². The van der Waals surface area contributed by atoms with Crippen molar-refractivity contribution in [3.05, 3.63) is 0 Å². The Hall–Kier alpha value is -0.610. The summed E-state index contributed by atoms with van der Waals surface area (Å²) in [4.78, 5) is 13.0. The number of hydrogen-bond donors (Lipinski definition) is 1. The molecule has 0 bridgehead atoms. The highest BCUT2D eigenvalue weighted by Gasteiger charge is 2.35. The third-order valence-electron chi connectivity index (χ3n) is 3.02. The van der Waals surface area contributed by atoms with Crippen LogP contribution in [0.3, 0.4) is 0 Å². The molecule has 1 aliphatic rings. The average Bonchev–Trinajstić information content (AvgIpc) is 2.10. The molecule has 0 aliphatic carbocycles. The number of carbonyl (C=O) groups is 1. The van der Waals surface area contributed by atoms with Gasteiger partial charge in [-0.25, -0.2) is 0 Å². The molecule has 4 heteroatoms. The van der Waals surface area contributed by atoms with E-state index in [2.05, 4.69) is 11.9 Å². The molecule has 1 fully saturated rings. The van der Waals surface area contributed by atoms with Crippen molar-refractivity contribution in [2.45, 2.75) is 19.3 Å². The van der Waals surface area contributed by atoms with Gasteiger partial charge in [-0.2, -0.15) is 0 Å². The van der Waals surface area contributed by atoms with E-state index in [1.807, 2.05) is 0 Å². The van der Waals surface area contributed by atoms with Gasteiger partial charge in [-0.1, -0.05) is 0 Å². The fourth-order valence-corrected chi connectivity index (χ4v) is 2.09. The number of carboxylic acid groups (broad SMARTS) is 1. The Morgan fingerprint density at radius 1 is 1.50 bits per heavy atom. The zero-order valence-electron chi connectivity index (χ0n) is 8.95. The molecule has 0 saturated carbocycles. The maximum atomic E-state index is 10.8. The third-order valence-corrected chi connectivity index (χ3v) is 3.02. The van der Waals surface area contributed by atoms with Crippen LogP contribution in [0.2, 0.25) is 0 Å². The van der Waals surface area contributed by atoms with Crippen molar-refractivity contribution in [2.24, 2.45) is 5.41 Å². The summed E-state index contributed by atoms with van der Waals surface area (Å²) in [5, 5.41) is 8.85. The van der Waals surface area contributed by atoms with Gasteiger partial charge in [0.15, 0.2) is 0 Å². The lowest BCUT2D eigenvalue weighted by Gasteiger charge is -2.39. The van der Waals surface area contributed by atoms with Crippen molar-refractivity contribution in [3.63, 3.8) is 0 Å². The number of likely N-dealkylation sites (tertiary alicyclic amines) is 1. The molecule has 0 amide bonds. The smallest absolute Gasteiger partial charge is 0.303 e. The summed E-state index contributed by atoms with van der Waals surface area (Å²) in [6.45, 7) is 2.50. The molecule has 14 heavy (non-hydrogen) atoms. The van der Waals surface area contributed by atoms with E-state index < -0.39 is 5.97 Å². The topological polar surface area (TPSA) is 49.8 Å². The summed E-state index contributed by atoms with van der Waals surface area (Å²) < 4.78 is 5.14. The minimum atomic E-state index is -0.716. The first-order chi connectivity index (χ1) is 6.58. The number of carboxylic acids is 1. The lowest BCUT2D eigenvalue weighted by molar-refractivity contribution is -0.142. The molecular weight excluding hydrogens is 182 g/mol. The fourth-order valence-electron chi connectivity index (χ4n) is 2.09. The third kappa shape index (κ3) is 2.96. The normalized spacial score (nSPS) is 22.1. The Kier molecular flexibility index (Phi) is 3.89. The monoisotopic (exact) mass is 201 g/mol. The van der Waals surface area contributed by atoms with Crippen LogP contribution in [0, 0.1) is 5.41 Å². The fraction of sp³-hybridized carbons (Fsp3) is 0.900. The Bertz CT molecular complexity index is 198. The highest BCUT2D eigenvalue weighted by atomic mass is 16.5. The van der Waals surface area contributed by atoms with Gasteiger partial charge in [0.1, 0.15) is 0 Å². The number of methoxy groups -OCH3 is 1. The number of ether oxygens (including phenoxy) is 1. The van der Waals surface area contributed by atoms with Crippen LogP contribution in [-0.4, -0.2) is 49.8 Å². The Morgan fingerprint density at radius 2 is 2.07 bits per heavy atom. The van der Waals surface area contributed by atoms with Crippen LogP contribution < -0.4 is 0 Å². The van der Waals surface area contributed by atoms with E-state index in [0.29, 0.717) is 6.61 Å². The lowest BCUT2D eigenvalue weighted by Crippen LogP contribution is -2.41. The van der Waals surface area contributed by atoms with Crippen LogP contribution in [0.25, 0.3) is 0 Å². The van der Waals surface area contributed by atoms with Crippen LogP contribution in [0.5, 0.6) is 0 Å². The van der Waals surface area contributed by atoms with E-state index in [4.69, 9.17) is 9.84 Å². The minimum Gasteiger partial charge on any atom is -0.481 e. The Labute approximate surface area is 84.8 Å². The molecule has 0 unspecified atom stereocenters. The van der Waals surface area contributed by atoms with Gasteiger partial charge >= 0.3 is 5.97 Å². The number of hydrogen-bond acceptors (Lipinski definition) is 3.